The first-order valence-electron chi connectivity index (χ1n) is 9.31. The number of aromatic nitrogens is 5. The third kappa shape index (κ3) is 3.80. The highest BCUT2D eigenvalue weighted by Gasteiger charge is 2.09. The standard InChI is InChI=1S/C20H22N6O2/c1-28-20-10-9-18-24-23-17(26(18)25-20)7-4-8-19(27)21-12-11-14-13-22-16-6-3-2-5-15(14)16/h2-3,5-6,9-10,13,22H,4,7-8,11-12H2,1H3,(H,21,27). The fraction of sp³-hybridized carbons (Fsp3) is 0.300. The number of fused-ring (bicyclic) bond motifs is 2. The molecule has 0 aliphatic carbocycles. The molecule has 8 nitrogen and oxygen atoms in total. The second kappa shape index (κ2) is 8.08. The van der Waals surface area contributed by atoms with E-state index in [0.29, 0.717) is 37.3 Å². The topological polar surface area (TPSA) is 97.2 Å². The fourth-order valence-electron chi connectivity index (χ4n) is 3.25. The molecular formula is C20H22N6O2. The van der Waals surface area contributed by atoms with Crippen molar-refractivity contribution in [2.45, 2.75) is 25.7 Å². The molecule has 28 heavy (non-hydrogen) atoms. The average molecular weight is 378 g/mol. The minimum Gasteiger partial charge on any atom is -0.480 e. The van der Waals surface area contributed by atoms with E-state index in [1.165, 1.54) is 10.9 Å². The zero-order valence-electron chi connectivity index (χ0n) is 15.7. The number of carbonyl (C=O) groups is 1. The first-order chi connectivity index (χ1) is 13.7. The molecule has 0 saturated carbocycles. The van der Waals surface area contributed by atoms with E-state index in [1.54, 1.807) is 23.8 Å². The summed E-state index contributed by atoms with van der Waals surface area (Å²) in [6, 6.07) is 11.7. The SMILES string of the molecule is COc1ccc2nnc(CCCC(=O)NCCc3c[nH]c4ccccc34)n2n1. The summed E-state index contributed by atoms with van der Waals surface area (Å²) in [5.41, 5.74) is 3.00. The molecular weight excluding hydrogens is 356 g/mol. The molecule has 0 atom stereocenters. The number of para-hydroxylation sites is 1. The van der Waals surface area contributed by atoms with Crippen LogP contribution in [0, 0.1) is 0 Å². The van der Waals surface area contributed by atoms with Crippen molar-refractivity contribution in [1.29, 1.82) is 0 Å². The predicted octanol–water partition coefficient (Wildman–Crippen LogP) is 2.30. The number of aromatic amines is 1. The summed E-state index contributed by atoms with van der Waals surface area (Å²) in [7, 11) is 1.57. The molecule has 1 aromatic carbocycles. The third-order valence-corrected chi connectivity index (χ3v) is 4.71. The van der Waals surface area contributed by atoms with Gasteiger partial charge in [-0.2, -0.15) is 4.52 Å². The molecule has 4 aromatic rings. The number of H-pyrrole nitrogens is 1. The summed E-state index contributed by atoms with van der Waals surface area (Å²) in [4.78, 5) is 15.4. The molecule has 0 radical (unpaired) electrons. The Morgan fingerprint density at radius 1 is 1.18 bits per heavy atom. The number of carbonyl (C=O) groups excluding carboxylic acids is 1. The van der Waals surface area contributed by atoms with Crippen LogP contribution in [0.25, 0.3) is 16.6 Å². The van der Waals surface area contributed by atoms with E-state index < -0.39 is 0 Å². The van der Waals surface area contributed by atoms with Gasteiger partial charge in [-0.25, -0.2) is 0 Å². The van der Waals surface area contributed by atoms with Crippen LogP contribution in [0.2, 0.25) is 0 Å². The molecule has 8 heteroatoms. The third-order valence-electron chi connectivity index (χ3n) is 4.71. The Kier molecular flexibility index (Phi) is 5.18. The molecule has 0 unspecified atom stereocenters. The van der Waals surface area contributed by atoms with E-state index in [2.05, 4.69) is 37.7 Å². The van der Waals surface area contributed by atoms with Crippen LogP contribution in [0.4, 0.5) is 0 Å². The van der Waals surface area contributed by atoms with E-state index in [4.69, 9.17) is 4.74 Å². The predicted molar refractivity (Wildman–Crippen MR) is 105 cm³/mol. The Bertz CT molecular complexity index is 1100. The van der Waals surface area contributed by atoms with Crippen LogP contribution in [0.5, 0.6) is 5.88 Å². The second-order valence-corrected chi connectivity index (χ2v) is 6.57. The molecule has 0 aliphatic rings. The largest absolute Gasteiger partial charge is 0.480 e. The highest BCUT2D eigenvalue weighted by molar-refractivity contribution is 5.83. The number of nitrogens with one attached hydrogen (secondary N) is 2. The van der Waals surface area contributed by atoms with Crippen LogP contribution in [-0.2, 0) is 17.6 Å². The normalized spacial score (nSPS) is 11.2. The van der Waals surface area contributed by atoms with Gasteiger partial charge in [-0.3, -0.25) is 4.79 Å². The molecule has 0 aliphatic heterocycles. The van der Waals surface area contributed by atoms with Gasteiger partial charge in [0.1, 0.15) is 0 Å². The quantitative estimate of drug-likeness (QED) is 0.490. The van der Waals surface area contributed by atoms with Gasteiger partial charge in [0.15, 0.2) is 11.5 Å². The minimum absolute atomic E-state index is 0.0409. The second-order valence-electron chi connectivity index (χ2n) is 6.57. The first-order valence-corrected chi connectivity index (χ1v) is 9.31. The molecule has 4 rings (SSSR count). The summed E-state index contributed by atoms with van der Waals surface area (Å²) in [5, 5.41) is 16.8. The number of rotatable bonds is 8. The Morgan fingerprint density at radius 3 is 2.96 bits per heavy atom. The lowest BCUT2D eigenvalue weighted by atomic mass is 10.1. The lowest BCUT2D eigenvalue weighted by Gasteiger charge is -2.05. The van der Waals surface area contributed by atoms with Crippen molar-refractivity contribution in [1.82, 2.24) is 30.1 Å². The zero-order valence-corrected chi connectivity index (χ0v) is 15.7. The van der Waals surface area contributed by atoms with Gasteiger partial charge in [0.25, 0.3) is 0 Å². The molecule has 0 fully saturated rings. The van der Waals surface area contributed by atoms with Gasteiger partial charge >= 0.3 is 0 Å². The number of benzene rings is 1. The highest BCUT2D eigenvalue weighted by Crippen LogP contribution is 2.17. The van der Waals surface area contributed by atoms with Crippen LogP contribution >= 0.6 is 0 Å². The maximum Gasteiger partial charge on any atom is 0.231 e. The van der Waals surface area contributed by atoms with E-state index in [0.717, 1.165) is 17.8 Å². The van der Waals surface area contributed by atoms with Crippen molar-refractivity contribution in [3.05, 3.63) is 54.0 Å². The number of hydrogen-bond acceptors (Lipinski definition) is 5. The van der Waals surface area contributed by atoms with E-state index in [-0.39, 0.29) is 5.91 Å². The smallest absolute Gasteiger partial charge is 0.231 e. The van der Waals surface area contributed by atoms with Crippen molar-refractivity contribution in [2.24, 2.45) is 0 Å². The van der Waals surface area contributed by atoms with Crippen molar-refractivity contribution in [3.8, 4) is 5.88 Å². The van der Waals surface area contributed by atoms with Gasteiger partial charge in [0, 0.05) is 42.6 Å². The number of amides is 1. The maximum absolute atomic E-state index is 12.1. The lowest BCUT2D eigenvalue weighted by Crippen LogP contribution is -2.25. The van der Waals surface area contributed by atoms with E-state index in [9.17, 15) is 4.79 Å². The Hall–Kier alpha value is -3.42. The van der Waals surface area contributed by atoms with Gasteiger partial charge < -0.3 is 15.0 Å². The Balaban J connectivity index is 1.25. The lowest BCUT2D eigenvalue weighted by molar-refractivity contribution is -0.121. The van der Waals surface area contributed by atoms with Crippen LogP contribution in [0.1, 0.15) is 24.2 Å². The highest BCUT2D eigenvalue weighted by atomic mass is 16.5. The first kappa shape index (κ1) is 18.0. The summed E-state index contributed by atoms with van der Waals surface area (Å²) in [5.74, 6) is 1.27. The molecule has 0 bridgehead atoms. The van der Waals surface area contributed by atoms with E-state index in [1.807, 2.05) is 18.3 Å². The van der Waals surface area contributed by atoms with Crippen molar-refractivity contribution < 1.29 is 9.53 Å². The molecule has 0 saturated heterocycles. The molecule has 1 amide bonds. The summed E-state index contributed by atoms with van der Waals surface area (Å²) in [6.07, 6.45) is 4.55. The molecule has 144 valence electrons. The molecule has 3 aromatic heterocycles. The maximum atomic E-state index is 12.1. The van der Waals surface area contributed by atoms with Gasteiger partial charge in [-0.05, 0) is 30.5 Å². The zero-order chi connectivity index (χ0) is 19.3. The Morgan fingerprint density at radius 2 is 2.07 bits per heavy atom. The van der Waals surface area contributed by atoms with E-state index >= 15 is 0 Å². The van der Waals surface area contributed by atoms with Crippen LogP contribution in [0.15, 0.2) is 42.6 Å². The summed E-state index contributed by atoms with van der Waals surface area (Å²) in [6.45, 7) is 0.618. The van der Waals surface area contributed by atoms with Gasteiger partial charge in [-0.15, -0.1) is 15.3 Å². The van der Waals surface area contributed by atoms with Gasteiger partial charge in [0.05, 0.1) is 7.11 Å². The molecule has 2 N–H and O–H groups in total. The van der Waals surface area contributed by atoms with Crippen molar-refractivity contribution in [3.63, 3.8) is 0 Å². The minimum atomic E-state index is 0.0409. The van der Waals surface area contributed by atoms with Crippen LogP contribution < -0.4 is 10.1 Å². The summed E-state index contributed by atoms with van der Waals surface area (Å²) >= 11 is 0. The van der Waals surface area contributed by atoms with Gasteiger partial charge in [0.2, 0.25) is 11.8 Å². The number of ether oxygens (including phenoxy) is 1. The summed E-state index contributed by atoms with van der Waals surface area (Å²) < 4.78 is 6.80. The van der Waals surface area contributed by atoms with Gasteiger partial charge in [-0.1, -0.05) is 18.2 Å². The number of methoxy groups -OCH3 is 1. The van der Waals surface area contributed by atoms with Crippen molar-refractivity contribution >= 4 is 22.5 Å². The number of hydrogen-bond donors (Lipinski definition) is 2. The fourth-order valence-corrected chi connectivity index (χ4v) is 3.25. The molecule has 3 heterocycles. The van der Waals surface area contributed by atoms with Crippen LogP contribution in [0.3, 0.4) is 0 Å². The number of aryl methyl sites for hydroxylation is 1. The number of nitrogens with zero attached hydrogens (tertiary/aromatic N) is 4. The Labute approximate surface area is 161 Å². The van der Waals surface area contributed by atoms with Crippen LogP contribution in [-0.4, -0.2) is 44.4 Å². The average Bonchev–Trinajstić information content (AvgIpc) is 3.32. The van der Waals surface area contributed by atoms with Crippen molar-refractivity contribution in [2.75, 3.05) is 13.7 Å². The monoisotopic (exact) mass is 378 g/mol. The molecule has 0 spiro atoms.